The fourth-order valence-electron chi connectivity index (χ4n) is 4.64. The molecule has 3 rings (SSSR count). The molecule has 1 aromatic carbocycles. The van der Waals surface area contributed by atoms with Gasteiger partial charge in [-0.25, -0.2) is 8.78 Å². The van der Waals surface area contributed by atoms with Crippen molar-refractivity contribution in [1.82, 2.24) is 0 Å². The van der Waals surface area contributed by atoms with Crippen molar-refractivity contribution < 1.29 is 51.6 Å². The van der Waals surface area contributed by atoms with E-state index in [-0.39, 0.29) is 0 Å². The third-order valence-electron chi connectivity index (χ3n) is 6.38. The molecule has 124 valence electrons. The molecular weight excluding hydrogens is 504 g/mol. The zero-order valence-electron chi connectivity index (χ0n) is 14.4. The number of benzene rings is 1. The van der Waals surface area contributed by atoms with Crippen molar-refractivity contribution in [2.75, 3.05) is 0 Å². The molecule has 0 nitrogen and oxygen atoms in total. The normalized spacial score (nSPS) is 31.9. The van der Waals surface area contributed by atoms with Gasteiger partial charge in [0.25, 0.3) is 0 Å². The molecule has 2 saturated carbocycles. The molecule has 0 spiro atoms. The molecule has 1 aromatic rings. The predicted octanol–water partition coefficient (Wildman–Crippen LogP) is 6.28. The molecule has 0 radical (unpaired) electrons. The van der Waals surface area contributed by atoms with E-state index >= 15 is 0 Å². The average Bonchev–Trinajstić information content (AvgIpc) is 2.57. The van der Waals surface area contributed by atoms with Crippen LogP contribution in [0.1, 0.15) is 75.7 Å². The predicted molar refractivity (Wildman–Crippen MR) is 87.4 cm³/mol. The van der Waals surface area contributed by atoms with Gasteiger partial charge in [0, 0.05) is 0 Å². The van der Waals surface area contributed by atoms with Gasteiger partial charge in [-0.15, -0.1) is 0 Å². The van der Waals surface area contributed by atoms with Gasteiger partial charge in [0.1, 0.15) is 0 Å². The first-order valence-corrected chi connectivity index (χ1v) is 14.3. The van der Waals surface area contributed by atoms with Crippen molar-refractivity contribution >= 4 is 0 Å². The average molecular weight is 532 g/mol. The van der Waals surface area contributed by atoms with Crippen LogP contribution in [0.3, 0.4) is 0 Å². The third-order valence-corrected chi connectivity index (χ3v) is 11.1. The second-order valence-corrected chi connectivity index (χ2v) is 14.8. The molecule has 0 amide bonds. The second kappa shape index (κ2) is 8.77. The molecule has 23 heavy (non-hydrogen) atoms. The number of halogens is 2. The maximum absolute atomic E-state index is 13.4. The SMILES string of the molecule is Fc1ccc(C2CCC(CCC3CC[CH]([RaH])CC3)CC2)cc1F. The van der Waals surface area contributed by atoms with Gasteiger partial charge in [-0.3, -0.25) is 0 Å². The summed E-state index contributed by atoms with van der Waals surface area (Å²) in [6.45, 7) is 0. The molecule has 0 bridgehead atoms. The van der Waals surface area contributed by atoms with Crippen molar-refractivity contribution in [2.24, 2.45) is 11.8 Å². The Morgan fingerprint density at radius 1 is 0.783 bits per heavy atom. The van der Waals surface area contributed by atoms with Crippen LogP contribution in [0.25, 0.3) is 0 Å². The Morgan fingerprint density at radius 3 is 1.91 bits per heavy atom. The summed E-state index contributed by atoms with van der Waals surface area (Å²) >= 11 is 0.736. The fourth-order valence-corrected chi connectivity index (χ4v) is 7.38. The van der Waals surface area contributed by atoms with Crippen LogP contribution < -0.4 is 0 Å². The van der Waals surface area contributed by atoms with E-state index in [2.05, 4.69) is 0 Å². The van der Waals surface area contributed by atoms with E-state index in [9.17, 15) is 8.78 Å². The zero-order chi connectivity index (χ0) is 16.2. The van der Waals surface area contributed by atoms with Crippen LogP contribution >= 0.6 is 0 Å². The summed E-state index contributed by atoms with van der Waals surface area (Å²) in [7, 11) is 0. The van der Waals surface area contributed by atoms with Crippen LogP contribution in [0.5, 0.6) is 0 Å². The van der Waals surface area contributed by atoms with Gasteiger partial charge in [0.2, 0.25) is 0 Å². The van der Waals surface area contributed by atoms with Crippen LogP contribution in [0.15, 0.2) is 18.2 Å². The molecule has 2 fully saturated rings. The molecule has 0 atom stereocenters. The molecule has 2 aliphatic carbocycles. The first-order chi connectivity index (χ1) is 11.1. The van der Waals surface area contributed by atoms with E-state index in [0.717, 1.165) is 73.0 Å². The van der Waals surface area contributed by atoms with Crippen LogP contribution in [0.4, 0.5) is 8.78 Å². The van der Waals surface area contributed by atoms with Gasteiger partial charge in [-0.1, -0.05) is 0 Å². The molecule has 0 aromatic heterocycles. The quantitative estimate of drug-likeness (QED) is 0.429. The van der Waals surface area contributed by atoms with E-state index < -0.39 is 11.6 Å². The molecule has 0 saturated heterocycles. The number of hydrogen-bond acceptors (Lipinski definition) is 0. The van der Waals surface area contributed by atoms with E-state index in [1.54, 1.807) is 6.07 Å². The van der Waals surface area contributed by atoms with E-state index in [1.807, 2.05) is 0 Å². The van der Waals surface area contributed by atoms with Crippen LogP contribution in [0.2, 0.25) is 0.959 Å². The Balaban J connectivity index is 1.42. The zero-order valence-corrected chi connectivity index (χ0v) is 22.6. The second-order valence-electron chi connectivity index (χ2n) is 8.09. The molecule has 0 unspecified atom stereocenters. The van der Waals surface area contributed by atoms with Gasteiger partial charge in [0.05, 0.1) is 0 Å². The maximum atomic E-state index is 13.4. The van der Waals surface area contributed by atoms with Crippen molar-refractivity contribution in [3.8, 4) is 0 Å². The van der Waals surface area contributed by atoms with Crippen LogP contribution in [-0.4, -0.2) is 0 Å². The summed E-state index contributed by atoms with van der Waals surface area (Å²) in [6, 6.07) is 4.47. The van der Waals surface area contributed by atoms with Crippen LogP contribution in [-0.2, 0) is 0 Å². The van der Waals surface area contributed by atoms with Gasteiger partial charge >= 0.3 is 143 Å². The minimum absolute atomic E-state index is 0.435. The topological polar surface area (TPSA) is 0 Å². The standard InChI is InChI=1S/C20H27F2.Ra.H/c21-19-13-12-18(14-20(19)22)17-10-8-16(9-11-17)7-6-15-4-2-1-3-5-15;;/h1,12-17H,2-11H2;;. The third kappa shape index (κ3) is 5.26. The fraction of sp³-hybridized carbons (Fsp3) is 0.700. The Hall–Kier alpha value is 0.548. The summed E-state index contributed by atoms with van der Waals surface area (Å²) in [5.41, 5.74) is 0.996. The summed E-state index contributed by atoms with van der Waals surface area (Å²) < 4.78 is 27.6. The molecule has 3 heteroatoms. The number of rotatable bonds is 4. The Labute approximate surface area is 168 Å². The summed E-state index contributed by atoms with van der Waals surface area (Å²) in [4.78, 5) is 0. The summed E-state index contributed by atoms with van der Waals surface area (Å²) in [5.74, 6) is 0.890. The van der Waals surface area contributed by atoms with Crippen LogP contribution in [0, 0.1) is 66.3 Å². The Bertz CT molecular complexity index is 500. The minimum atomic E-state index is -0.728. The molecule has 0 aliphatic heterocycles. The van der Waals surface area contributed by atoms with Gasteiger partial charge in [0.15, 0.2) is 11.6 Å². The molecular formula is C20H28F2Ra. The minimum Gasteiger partial charge on any atom is -0.204 e. The van der Waals surface area contributed by atoms with E-state index in [0.29, 0.717) is 5.92 Å². The van der Waals surface area contributed by atoms with Crippen molar-refractivity contribution in [1.29, 1.82) is 0 Å². The van der Waals surface area contributed by atoms with E-state index in [4.69, 9.17) is 0 Å². The Kier molecular flexibility index (Phi) is 6.99. The smallest absolute Gasteiger partial charge is 0.204 e. The number of hydrogen-bond donors (Lipinski definition) is 0. The molecule has 0 N–H and O–H groups in total. The first-order valence-electron chi connectivity index (χ1n) is 9.56. The summed E-state index contributed by atoms with van der Waals surface area (Å²) in [6.07, 6.45) is 13.7. The first kappa shape index (κ1) is 18.3. The van der Waals surface area contributed by atoms with Gasteiger partial charge < -0.3 is 0 Å². The Morgan fingerprint density at radius 2 is 1.35 bits per heavy atom. The molecule has 2 aliphatic rings. The molecule has 0 heterocycles. The van der Waals surface area contributed by atoms with E-state index in [1.165, 1.54) is 64.5 Å². The van der Waals surface area contributed by atoms with Crippen molar-refractivity contribution in [3.63, 3.8) is 0 Å². The van der Waals surface area contributed by atoms with Crippen molar-refractivity contribution in [2.45, 2.75) is 71.1 Å². The monoisotopic (exact) mass is 532 g/mol. The van der Waals surface area contributed by atoms with Gasteiger partial charge in [-0.05, 0) is 6.07 Å². The van der Waals surface area contributed by atoms with Gasteiger partial charge in [-0.2, -0.15) is 0 Å². The van der Waals surface area contributed by atoms with Crippen molar-refractivity contribution in [3.05, 3.63) is 35.4 Å². The summed E-state index contributed by atoms with van der Waals surface area (Å²) in [5, 5.41) is 0.